The molecule has 0 aromatic heterocycles. The standard InChI is InChI=1S/C23H26N2O7/c1-14-9-10-16(20(27)30-5)12-18(14)25-19(26)13-31-21(28)15-7-6-8-17(11-15)24-22(29)32-23(2,3)4/h6-12H,13H2,1-5H3,(H,24,29)(H,25,26). The molecule has 2 aromatic rings. The van der Waals surface area contributed by atoms with Crippen LogP contribution in [0.25, 0.3) is 0 Å². The molecule has 0 aliphatic rings. The van der Waals surface area contributed by atoms with Gasteiger partial charge in [0.15, 0.2) is 6.61 Å². The lowest BCUT2D eigenvalue weighted by Gasteiger charge is -2.19. The first kappa shape index (κ1) is 24.4. The van der Waals surface area contributed by atoms with Gasteiger partial charge in [0, 0.05) is 11.4 Å². The Balaban J connectivity index is 1.96. The maximum atomic E-state index is 12.3. The van der Waals surface area contributed by atoms with Crippen molar-refractivity contribution in [3.63, 3.8) is 0 Å². The lowest BCUT2D eigenvalue weighted by Crippen LogP contribution is -2.27. The number of benzene rings is 2. The van der Waals surface area contributed by atoms with Gasteiger partial charge in [-0.3, -0.25) is 10.1 Å². The van der Waals surface area contributed by atoms with Crippen molar-refractivity contribution in [3.05, 3.63) is 59.2 Å². The highest BCUT2D eigenvalue weighted by molar-refractivity contribution is 5.98. The van der Waals surface area contributed by atoms with Crippen molar-refractivity contribution >= 4 is 35.3 Å². The van der Waals surface area contributed by atoms with Crippen LogP contribution in [0.15, 0.2) is 42.5 Å². The Morgan fingerprint density at radius 2 is 1.59 bits per heavy atom. The van der Waals surface area contributed by atoms with Gasteiger partial charge in [-0.05, 0) is 63.6 Å². The molecule has 2 N–H and O–H groups in total. The third-order valence-corrected chi connectivity index (χ3v) is 4.01. The predicted molar refractivity (Wildman–Crippen MR) is 118 cm³/mol. The van der Waals surface area contributed by atoms with E-state index < -0.39 is 36.1 Å². The first-order valence-corrected chi connectivity index (χ1v) is 9.74. The molecule has 32 heavy (non-hydrogen) atoms. The minimum Gasteiger partial charge on any atom is -0.465 e. The molecule has 0 spiro atoms. The normalized spacial score (nSPS) is 10.7. The summed E-state index contributed by atoms with van der Waals surface area (Å²) in [7, 11) is 1.26. The number of amides is 2. The molecule has 2 aromatic carbocycles. The summed E-state index contributed by atoms with van der Waals surface area (Å²) in [5, 5.41) is 5.13. The number of esters is 2. The quantitative estimate of drug-likeness (QED) is 0.514. The first-order chi connectivity index (χ1) is 15.0. The number of carbonyl (C=O) groups excluding carboxylic acids is 4. The second-order valence-corrected chi connectivity index (χ2v) is 7.85. The van der Waals surface area contributed by atoms with Crippen LogP contribution >= 0.6 is 0 Å². The molecule has 9 heteroatoms. The van der Waals surface area contributed by atoms with Gasteiger partial charge in [0.1, 0.15) is 5.60 Å². The molecule has 2 amide bonds. The Morgan fingerprint density at radius 1 is 0.906 bits per heavy atom. The molecule has 0 aliphatic heterocycles. The van der Waals surface area contributed by atoms with Crippen molar-refractivity contribution in [1.29, 1.82) is 0 Å². The zero-order valence-corrected chi connectivity index (χ0v) is 18.6. The van der Waals surface area contributed by atoms with Crippen LogP contribution in [-0.4, -0.2) is 43.3 Å². The van der Waals surface area contributed by atoms with Crippen LogP contribution in [0.1, 0.15) is 47.1 Å². The lowest BCUT2D eigenvalue weighted by molar-refractivity contribution is -0.119. The number of rotatable bonds is 6. The summed E-state index contributed by atoms with van der Waals surface area (Å²) in [6.45, 7) is 6.42. The van der Waals surface area contributed by atoms with Crippen LogP contribution in [0, 0.1) is 6.92 Å². The SMILES string of the molecule is COC(=O)c1ccc(C)c(NC(=O)COC(=O)c2cccc(NC(=O)OC(C)(C)C)c2)c1. The Hall–Kier alpha value is -3.88. The van der Waals surface area contributed by atoms with E-state index in [4.69, 9.17) is 9.47 Å². The van der Waals surface area contributed by atoms with E-state index in [0.717, 1.165) is 5.56 Å². The second kappa shape index (κ2) is 10.4. The van der Waals surface area contributed by atoms with E-state index in [1.54, 1.807) is 52.0 Å². The van der Waals surface area contributed by atoms with Gasteiger partial charge >= 0.3 is 18.0 Å². The molecule has 0 fully saturated rings. The Kier molecular flexibility index (Phi) is 7.95. The molecule has 170 valence electrons. The minimum absolute atomic E-state index is 0.148. The fourth-order valence-corrected chi connectivity index (χ4v) is 2.55. The molecule has 0 atom stereocenters. The van der Waals surface area contributed by atoms with E-state index in [1.807, 2.05) is 0 Å². The molecule has 0 bridgehead atoms. The second-order valence-electron chi connectivity index (χ2n) is 7.85. The molecule has 0 aliphatic carbocycles. The van der Waals surface area contributed by atoms with Crippen molar-refractivity contribution in [2.75, 3.05) is 24.4 Å². The number of aryl methyl sites for hydroxylation is 1. The van der Waals surface area contributed by atoms with Crippen LogP contribution < -0.4 is 10.6 Å². The average molecular weight is 442 g/mol. The molecule has 9 nitrogen and oxygen atoms in total. The lowest BCUT2D eigenvalue weighted by atomic mass is 10.1. The molecule has 0 unspecified atom stereocenters. The van der Waals surface area contributed by atoms with Crippen molar-refractivity contribution < 1.29 is 33.4 Å². The Morgan fingerprint density at radius 3 is 2.25 bits per heavy atom. The zero-order valence-electron chi connectivity index (χ0n) is 18.6. The fraction of sp³-hybridized carbons (Fsp3) is 0.304. The number of ether oxygens (including phenoxy) is 3. The largest absolute Gasteiger partial charge is 0.465 e. The molecule has 0 radical (unpaired) electrons. The van der Waals surface area contributed by atoms with Crippen LogP contribution in [-0.2, 0) is 19.0 Å². The van der Waals surface area contributed by atoms with Crippen molar-refractivity contribution in [1.82, 2.24) is 0 Å². The van der Waals surface area contributed by atoms with Gasteiger partial charge in [-0.1, -0.05) is 12.1 Å². The van der Waals surface area contributed by atoms with Crippen LogP contribution in [0.3, 0.4) is 0 Å². The molecule has 0 saturated carbocycles. The molecular formula is C23H26N2O7. The van der Waals surface area contributed by atoms with E-state index in [-0.39, 0.29) is 11.1 Å². The molecule has 2 rings (SSSR count). The molecular weight excluding hydrogens is 416 g/mol. The smallest absolute Gasteiger partial charge is 0.412 e. The highest BCUT2D eigenvalue weighted by atomic mass is 16.6. The maximum Gasteiger partial charge on any atom is 0.412 e. The number of anilines is 2. The fourth-order valence-electron chi connectivity index (χ4n) is 2.55. The number of methoxy groups -OCH3 is 1. The van der Waals surface area contributed by atoms with Gasteiger partial charge in [-0.15, -0.1) is 0 Å². The van der Waals surface area contributed by atoms with Crippen molar-refractivity contribution in [2.45, 2.75) is 33.3 Å². The summed E-state index contributed by atoms with van der Waals surface area (Å²) >= 11 is 0. The monoisotopic (exact) mass is 442 g/mol. The zero-order chi connectivity index (χ0) is 23.9. The van der Waals surface area contributed by atoms with Crippen LogP contribution in [0.4, 0.5) is 16.2 Å². The van der Waals surface area contributed by atoms with Crippen molar-refractivity contribution in [3.8, 4) is 0 Å². The first-order valence-electron chi connectivity index (χ1n) is 9.74. The molecule has 0 heterocycles. The van der Waals surface area contributed by atoms with Gasteiger partial charge < -0.3 is 19.5 Å². The summed E-state index contributed by atoms with van der Waals surface area (Å²) in [6, 6.07) is 10.8. The Labute approximate surface area is 186 Å². The van der Waals surface area contributed by atoms with Crippen molar-refractivity contribution in [2.24, 2.45) is 0 Å². The summed E-state index contributed by atoms with van der Waals surface area (Å²) in [5.41, 5.74) is 1.22. The topological polar surface area (TPSA) is 120 Å². The van der Waals surface area contributed by atoms with Gasteiger partial charge in [-0.2, -0.15) is 0 Å². The van der Waals surface area contributed by atoms with Gasteiger partial charge in [0.25, 0.3) is 5.91 Å². The number of nitrogens with one attached hydrogen (secondary N) is 2. The summed E-state index contributed by atoms with van der Waals surface area (Å²) < 4.78 is 14.9. The number of hydrogen-bond acceptors (Lipinski definition) is 7. The highest BCUT2D eigenvalue weighted by Gasteiger charge is 2.17. The van der Waals surface area contributed by atoms with E-state index in [1.165, 1.54) is 25.3 Å². The predicted octanol–water partition coefficient (Wildman–Crippen LogP) is 3.92. The van der Waals surface area contributed by atoms with E-state index in [0.29, 0.717) is 11.4 Å². The van der Waals surface area contributed by atoms with Crippen LogP contribution in [0.5, 0.6) is 0 Å². The third kappa shape index (κ3) is 7.42. The number of hydrogen-bond donors (Lipinski definition) is 2. The van der Waals surface area contributed by atoms with Crippen LogP contribution in [0.2, 0.25) is 0 Å². The molecule has 0 saturated heterocycles. The van der Waals surface area contributed by atoms with E-state index >= 15 is 0 Å². The maximum absolute atomic E-state index is 12.3. The highest BCUT2D eigenvalue weighted by Crippen LogP contribution is 2.18. The summed E-state index contributed by atoms with van der Waals surface area (Å²) in [6.07, 6.45) is -0.660. The van der Waals surface area contributed by atoms with Gasteiger partial charge in [0.05, 0.1) is 18.2 Å². The summed E-state index contributed by atoms with van der Waals surface area (Å²) in [5.74, 6) is -1.86. The van der Waals surface area contributed by atoms with E-state index in [9.17, 15) is 19.2 Å². The Bertz CT molecular complexity index is 1030. The van der Waals surface area contributed by atoms with Gasteiger partial charge in [0.2, 0.25) is 0 Å². The average Bonchev–Trinajstić information content (AvgIpc) is 2.71. The van der Waals surface area contributed by atoms with E-state index in [2.05, 4.69) is 15.4 Å². The summed E-state index contributed by atoms with van der Waals surface area (Å²) in [4.78, 5) is 48.1. The third-order valence-electron chi connectivity index (χ3n) is 4.01. The number of carbonyl (C=O) groups is 4. The minimum atomic E-state index is -0.743. The van der Waals surface area contributed by atoms with Gasteiger partial charge in [-0.25, -0.2) is 14.4 Å².